The number of hydrogen-bond acceptors (Lipinski definition) is 4. The topological polar surface area (TPSA) is 21.7 Å². The van der Waals surface area contributed by atoms with Gasteiger partial charge in [-0.05, 0) is 27.3 Å². The Morgan fingerprint density at radius 2 is 2.14 bits per heavy atom. The maximum absolute atomic E-state index is 5.64. The minimum atomic E-state index is -0.341. The number of likely N-dealkylation sites (tertiary alicyclic amines) is 1. The first-order chi connectivity index (χ1) is 6.42. The van der Waals surface area contributed by atoms with E-state index in [1.54, 1.807) is 7.11 Å². The van der Waals surface area contributed by atoms with Gasteiger partial charge in [-0.3, -0.25) is 4.90 Å². The largest absolute Gasteiger partial charge is 0.380 e. The monoisotopic (exact) mass is 219 g/mol. The summed E-state index contributed by atoms with van der Waals surface area (Å²) in [6.45, 7) is 5.64. The van der Waals surface area contributed by atoms with Gasteiger partial charge in [-0.2, -0.15) is 0 Å². The molecule has 0 aliphatic carbocycles. The van der Waals surface area contributed by atoms with Gasteiger partial charge in [0.2, 0.25) is 0 Å². The molecule has 0 aromatic rings. The van der Waals surface area contributed by atoms with E-state index in [-0.39, 0.29) is 4.93 Å². The van der Waals surface area contributed by atoms with Gasteiger partial charge in [-0.25, -0.2) is 0 Å². The first kappa shape index (κ1) is 12.3. The summed E-state index contributed by atoms with van der Waals surface area (Å²) in [6, 6.07) is 0.464. The lowest BCUT2D eigenvalue weighted by Crippen LogP contribution is -2.32. The Labute approximate surface area is 92.2 Å². The van der Waals surface area contributed by atoms with Crippen LogP contribution in [0, 0.1) is 0 Å². The zero-order valence-corrected chi connectivity index (χ0v) is 10.4. The van der Waals surface area contributed by atoms with Crippen molar-refractivity contribution in [1.82, 2.24) is 4.90 Å². The standard InChI is InChI=1S/C10H21NO2S/c1-10(2,14)13-7-8-5-9(12-4)6-11(8)3/h8-9,14H,5-7H2,1-4H3/t8-,9-/m1/s1. The summed E-state index contributed by atoms with van der Waals surface area (Å²) >= 11 is 4.33. The number of rotatable bonds is 4. The first-order valence-electron chi connectivity index (χ1n) is 5.01. The Hall–Kier alpha value is 0.230. The molecule has 0 N–H and O–H groups in total. The van der Waals surface area contributed by atoms with Crippen LogP contribution in [0.25, 0.3) is 0 Å². The Morgan fingerprint density at radius 1 is 1.50 bits per heavy atom. The second-order valence-electron chi connectivity index (χ2n) is 4.44. The fraction of sp³-hybridized carbons (Fsp3) is 1.00. The van der Waals surface area contributed by atoms with Crippen LogP contribution in [0.4, 0.5) is 0 Å². The molecule has 4 heteroatoms. The van der Waals surface area contributed by atoms with Gasteiger partial charge in [0.15, 0.2) is 0 Å². The summed E-state index contributed by atoms with van der Waals surface area (Å²) in [4.78, 5) is 1.94. The molecular weight excluding hydrogens is 198 g/mol. The minimum absolute atomic E-state index is 0.341. The molecule has 1 saturated heterocycles. The Kier molecular flexibility index (Phi) is 4.25. The summed E-state index contributed by atoms with van der Waals surface area (Å²) < 4.78 is 11.0. The van der Waals surface area contributed by atoms with Gasteiger partial charge in [0, 0.05) is 19.7 Å². The van der Waals surface area contributed by atoms with Crippen molar-refractivity contribution in [3.63, 3.8) is 0 Å². The lowest BCUT2D eigenvalue weighted by molar-refractivity contribution is 0.0224. The van der Waals surface area contributed by atoms with E-state index in [2.05, 4.69) is 24.6 Å². The number of hydrogen-bond donors (Lipinski definition) is 1. The van der Waals surface area contributed by atoms with Gasteiger partial charge in [0.05, 0.1) is 12.7 Å². The summed E-state index contributed by atoms with van der Waals surface area (Å²) in [7, 11) is 3.88. The quantitative estimate of drug-likeness (QED) is 0.570. The molecule has 0 unspecified atom stereocenters. The van der Waals surface area contributed by atoms with Gasteiger partial charge in [-0.1, -0.05) is 0 Å². The molecule has 1 fully saturated rings. The highest BCUT2D eigenvalue weighted by Crippen LogP contribution is 2.21. The van der Waals surface area contributed by atoms with Crippen LogP contribution >= 0.6 is 12.6 Å². The third kappa shape index (κ3) is 3.77. The second-order valence-corrected chi connectivity index (χ2v) is 5.52. The van der Waals surface area contributed by atoms with Crippen molar-refractivity contribution in [2.24, 2.45) is 0 Å². The molecule has 0 radical (unpaired) electrons. The maximum Gasteiger partial charge on any atom is 0.105 e. The highest BCUT2D eigenvalue weighted by atomic mass is 32.1. The van der Waals surface area contributed by atoms with Crippen LogP contribution in [0.15, 0.2) is 0 Å². The Balaban J connectivity index is 2.32. The van der Waals surface area contributed by atoms with Crippen molar-refractivity contribution in [3.05, 3.63) is 0 Å². The van der Waals surface area contributed by atoms with Crippen LogP contribution < -0.4 is 0 Å². The maximum atomic E-state index is 5.64. The summed E-state index contributed by atoms with van der Waals surface area (Å²) in [5.41, 5.74) is 0. The fourth-order valence-electron chi connectivity index (χ4n) is 1.69. The van der Waals surface area contributed by atoms with E-state index < -0.39 is 0 Å². The molecule has 2 atom stereocenters. The van der Waals surface area contributed by atoms with Crippen LogP contribution in [-0.2, 0) is 9.47 Å². The lowest BCUT2D eigenvalue weighted by atomic mass is 10.2. The zero-order valence-electron chi connectivity index (χ0n) is 9.49. The van der Waals surface area contributed by atoms with E-state index in [1.807, 2.05) is 13.8 Å². The molecule has 14 heavy (non-hydrogen) atoms. The summed E-state index contributed by atoms with van der Waals surface area (Å²) in [5, 5.41) is 0. The SMILES string of the molecule is CO[C@@H]1C[C@H](COC(C)(C)S)N(C)C1. The molecule has 1 aliphatic heterocycles. The predicted octanol–water partition coefficient (Wildman–Crippen LogP) is 1.39. The van der Waals surface area contributed by atoms with E-state index in [0.717, 1.165) is 19.6 Å². The Bertz CT molecular complexity index is 181. The van der Waals surface area contributed by atoms with E-state index >= 15 is 0 Å². The fourth-order valence-corrected chi connectivity index (χ4v) is 1.77. The van der Waals surface area contributed by atoms with Crippen molar-refractivity contribution < 1.29 is 9.47 Å². The molecule has 1 heterocycles. The summed E-state index contributed by atoms with van der Waals surface area (Å²) in [5.74, 6) is 0. The number of nitrogens with zero attached hydrogens (tertiary/aromatic N) is 1. The predicted molar refractivity (Wildman–Crippen MR) is 60.8 cm³/mol. The van der Waals surface area contributed by atoms with Gasteiger partial charge < -0.3 is 9.47 Å². The van der Waals surface area contributed by atoms with Crippen molar-refractivity contribution in [2.45, 2.75) is 37.3 Å². The van der Waals surface area contributed by atoms with Crippen molar-refractivity contribution in [1.29, 1.82) is 0 Å². The highest BCUT2D eigenvalue weighted by Gasteiger charge is 2.30. The third-order valence-corrected chi connectivity index (χ3v) is 2.74. The first-order valence-corrected chi connectivity index (χ1v) is 5.46. The molecule has 0 spiro atoms. The normalized spacial score (nSPS) is 29.8. The molecular formula is C10H21NO2S. The van der Waals surface area contributed by atoms with E-state index in [9.17, 15) is 0 Å². The number of methoxy groups -OCH3 is 1. The average Bonchev–Trinajstić information content (AvgIpc) is 2.42. The van der Waals surface area contributed by atoms with Crippen LogP contribution in [0.5, 0.6) is 0 Å². The van der Waals surface area contributed by atoms with E-state index in [0.29, 0.717) is 12.1 Å². The van der Waals surface area contributed by atoms with Gasteiger partial charge >= 0.3 is 0 Å². The molecule has 1 rings (SSSR count). The van der Waals surface area contributed by atoms with Crippen LogP contribution in [0.1, 0.15) is 20.3 Å². The molecule has 0 bridgehead atoms. The van der Waals surface area contributed by atoms with Gasteiger partial charge in [0.1, 0.15) is 4.93 Å². The van der Waals surface area contributed by atoms with Crippen LogP contribution in [0.2, 0.25) is 0 Å². The number of ether oxygens (including phenoxy) is 2. The molecule has 0 amide bonds. The van der Waals surface area contributed by atoms with E-state index in [4.69, 9.17) is 9.47 Å². The average molecular weight is 219 g/mol. The van der Waals surface area contributed by atoms with Crippen molar-refractivity contribution >= 4 is 12.6 Å². The highest BCUT2D eigenvalue weighted by molar-refractivity contribution is 7.81. The summed E-state index contributed by atoms with van der Waals surface area (Å²) in [6.07, 6.45) is 1.41. The second kappa shape index (κ2) is 4.84. The number of likely N-dealkylation sites (N-methyl/N-ethyl adjacent to an activating group) is 1. The lowest BCUT2D eigenvalue weighted by Gasteiger charge is -2.24. The van der Waals surface area contributed by atoms with Gasteiger partial charge in [0.25, 0.3) is 0 Å². The molecule has 0 aromatic heterocycles. The smallest absolute Gasteiger partial charge is 0.105 e. The van der Waals surface area contributed by atoms with Crippen molar-refractivity contribution in [3.8, 4) is 0 Å². The minimum Gasteiger partial charge on any atom is -0.380 e. The molecule has 3 nitrogen and oxygen atoms in total. The van der Waals surface area contributed by atoms with E-state index in [1.165, 1.54) is 0 Å². The van der Waals surface area contributed by atoms with Crippen LogP contribution in [-0.4, -0.2) is 49.3 Å². The number of thiol groups is 1. The Morgan fingerprint density at radius 3 is 2.57 bits per heavy atom. The molecule has 1 aliphatic rings. The molecule has 0 aromatic carbocycles. The third-order valence-electron chi connectivity index (χ3n) is 2.61. The van der Waals surface area contributed by atoms with Gasteiger partial charge in [-0.15, -0.1) is 12.6 Å². The zero-order chi connectivity index (χ0) is 10.8. The van der Waals surface area contributed by atoms with Crippen molar-refractivity contribution in [2.75, 3.05) is 27.3 Å². The molecule has 84 valence electrons. The van der Waals surface area contributed by atoms with Crippen LogP contribution in [0.3, 0.4) is 0 Å². The molecule has 0 saturated carbocycles.